The summed E-state index contributed by atoms with van der Waals surface area (Å²) < 4.78 is 55.1. The molecule has 1 amide bonds. The molecule has 2 unspecified atom stereocenters. The van der Waals surface area contributed by atoms with Gasteiger partial charge in [0.15, 0.2) is 0 Å². The van der Waals surface area contributed by atoms with Crippen molar-refractivity contribution >= 4 is 17.3 Å². The van der Waals surface area contributed by atoms with Gasteiger partial charge >= 0.3 is 0 Å². The Morgan fingerprint density at radius 2 is 1.89 bits per heavy atom. The molecule has 1 aromatic carbocycles. The number of nitriles is 1. The Bertz CT molecular complexity index is 955. The minimum atomic E-state index is -3.18. The van der Waals surface area contributed by atoms with Crippen LogP contribution < -0.4 is 10.6 Å². The molecule has 1 heterocycles. The fourth-order valence-electron chi connectivity index (χ4n) is 3.42. The van der Waals surface area contributed by atoms with Gasteiger partial charge in [-0.15, -0.1) is 0 Å². The molecule has 28 heavy (non-hydrogen) atoms. The van der Waals surface area contributed by atoms with Gasteiger partial charge in [0.1, 0.15) is 11.5 Å². The maximum absolute atomic E-state index is 14.2. The molecule has 146 valence electrons. The van der Waals surface area contributed by atoms with Crippen molar-refractivity contribution in [3.05, 3.63) is 53.3 Å². The summed E-state index contributed by atoms with van der Waals surface area (Å²) in [7, 11) is 1.30. The third-order valence-corrected chi connectivity index (χ3v) is 5.10. The molecular formula is C19H16F4N4O. The largest absolute Gasteiger partial charge is 0.358 e. The maximum atomic E-state index is 14.2. The number of rotatable bonds is 5. The van der Waals surface area contributed by atoms with Crippen LogP contribution in [0.2, 0.25) is 0 Å². The Hall–Kier alpha value is -3.15. The monoisotopic (exact) mass is 392 g/mol. The highest BCUT2D eigenvalue weighted by molar-refractivity contribution is 5.89. The van der Waals surface area contributed by atoms with E-state index in [1.807, 2.05) is 0 Å². The van der Waals surface area contributed by atoms with Crippen molar-refractivity contribution in [2.45, 2.75) is 25.2 Å². The number of carbonyl (C=O) groups excluding carboxylic acids is 1. The molecule has 5 nitrogen and oxygen atoms in total. The van der Waals surface area contributed by atoms with Gasteiger partial charge in [0, 0.05) is 18.9 Å². The highest BCUT2D eigenvalue weighted by atomic mass is 19.3. The molecule has 9 heteroatoms. The van der Waals surface area contributed by atoms with Gasteiger partial charge in [0.05, 0.1) is 28.9 Å². The molecule has 1 fully saturated rings. The van der Waals surface area contributed by atoms with E-state index in [0.717, 1.165) is 12.4 Å². The quantitative estimate of drug-likeness (QED) is 0.751. The van der Waals surface area contributed by atoms with Crippen molar-refractivity contribution in [2.24, 2.45) is 5.41 Å². The molecule has 1 aliphatic carbocycles. The van der Waals surface area contributed by atoms with Crippen LogP contribution in [-0.4, -0.2) is 23.9 Å². The number of nitrogens with zero attached hydrogens (tertiary/aromatic N) is 2. The van der Waals surface area contributed by atoms with Crippen LogP contribution in [0.4, 0.5) is 28.9 Å². The lowest BCUT2D eigenvalue weighted by molar-refractivity contribution is -0.128. The summed E-state index contributed by atoms with van der Waals surface area (Å²) in [6, 6.07) is 7.39. The number of carbonyl (C=O) groups is 1. The van der Waals surface area contributed by atoms with E-state index in [2.05, 4.69) is 15.6 Å². The van der Waals surface area contributed by atoms with E-state index in [9.17, 15) is 22.4 Å². The van der Waals surface area contributed by atoms with Gasteiger partial charge in [0.25, 0.3) is 12.3 Å². The second kappa shape index (κ2) is 6.78. The average molecular weight is 392 g/mol. The fraction of sp³-hybridized carbons (Fsp3) is 0.316. The summed E-state index contributed by atoms with van der Waals surface area (Å²) in [5, 5.41) is 14.0. The maximum Gasteiger partial charge on any atom is 0.270 e. The van der Waals surface area contributed by atoms with Gasteiger partial charge < -0.3 is 10.6 Å². The van der Waals surface area contributed by atoms with Crippen LogP contribution in [0.15, 0.2) is 36.7 Å². The molecule has 1 aromatic heterocycles. The summed E-state index contributed by atoms with van der Waals surface area (Å²) in [6.07, 6.45) is -0.684. The van der Waals surface area contributed by atoms with Gasteiger partial charge in [-0.2, -0.15) is 5.26 Å². The average Bonchev–Trinajstić information content (AvgIpc) is 3.14. The molecule has 3 rings (SSSR count). The molecule has 0 aliphatic heterocycles. The number of hydrogen-bond acceptors (Lipinski definition) is 4. The zero-order valence-electron chi connectivity index (χ0n) is 14.9. The van der Waals surface area contributed by atoms with E-state index in [-0.39, 0.29) is 16.8 Å². The Morgan fingerprint density at radius 1 is 1.25 bits per heavy atom. The fourth-order valence-corrected chi connectivity index (χ4v) is 3.42. The number of benzene rings is 1. The molecule has 0 saturated heterocycles. The summed E-state index contributed by atoms with van der Waals surface area (Å²) in [6.45, 7) is 1.20. The zero-order chi connectivity index (χ0) is 20.7. The lowest BCUT2D eigenvalue weighted by atomic mass is 10.00. The van der Waals surface area contributed by atoms with E-state index in [4.69, 9.17) is 5.26 Å². The van der Waals surface area contributed by atoms with Crippen LogP contribution in [0.3, 0.4) is 0 Å². The molecular weight excluding hydrogens is 376 g/mol. The highest BCUT2D eigenvalue weighted by Gasteiger charge is 2.82. The molecule has 1 saturated carbocycles. The van der Waals surface area contributed by atoms with Gasteiger partial charge in [-0.05, 0) is 24.6 Å². The van der Waals surface area contributed by atoms with Crippen LogP contribution in [0.25, 0.3) is 0 Å². The number of alkyl halides is 4. The minimum absolute atomic E-state index is 0.0475. The van der Waals surface area contributed by atoms with Crippen molar-refractivity contribution in [1.29, 1.82) is 5.26 Å². The highest BCUT2D eigenvalue weighted by Crippen LogP contribution is 2.71. The van der Waals surface area contributed by atoms with Crippen LogP contribution in [-0.2, 0) is 4.79 Å². The number of pyridine rings is 1. The first-order valence-electron chi connectivity index (χ1n) is 8.31. The number of hydrogen-bond donors (Lipinski definition) is 2. The number of anilines is 2. The number of nitrogens with one attached hydrogen (secondary N) is 2. The van der Waals surface area contributed by atoms with Gasteiger partial charge in [-0.3, -0.25) is 9.78 Å². The van der Waals surface area contributed by atoms with E-state index in [1.54, 1.807) is 6.07 Å². The molecule has 0 spiro atoms. The first-order chi connectivity index (χ1) is 13.2. The number of amides is 1. The Labute approximate surface area is 158 Å². The van der Waals surface area contributed by atoms with E-state index in [1.165, 1.54) is 38.2 Å². The molecule has 2 N–H and O–H groups in total. The van der Waals surface area contributed by atoms with Crippen molar-refractivity contribution < 1.29 is 22.4 Å². The Morgan fingerprint density at radius 3 is 2.43 bits per heavy atom. The minimum Gasteiger partial charge on any atom is -0.358 e. The second-order valence-corrected chi connectivity index (χ2v) is 6.65. The van der Waals surface area contributed by atoms with Crippen molar-refractivity contribution in [2.75, 3.05) is 12.4 Å². The van der Waals surface area contributed by atoms with E-state index in [0.29, 0.717) is 5.69 Å². The number of halogens is 4. The predicted octanol–water partition coefficient (Wildman–Crippen LogP) is 4.12. The molecule has 1 aliphatic rings. The molecule has 2 atom stereocenters. The van der Waals surface area contributed by atoms with E-state index < -0.39 is 35.2 Å². The second-order valence-electron chi connectivity index (χ2n) is 6.65. The van der Waals surface area contributed by atoms with Gasteiger partial charge in [-0.1, -0.05) is 12.1 Å². The van der Waals surface area contributed by atoms with Crippen molar-refractivity contribution in [1.82, 2.24) is 10.3 Å². The first-order valence-corrected chi connectivity index (χ1v) is 8.31. The summed E-state index contributed by atoms with van der Waals surface area (Å²) in [5.41, 5.74) is -2.00. The molecule has 0 radical (unpaired) electrons. The Balaban J connectivity index is 1.86. The standard InChI is InChI=1S/C19H16F4N4O/c1-18(17(28)25-2)15(19(18,22)23)10-3-5-12(6-4-10)27-13-9-26-8-11(7-24)14(13)16(20)21/h3-6,8-9,15-16,27H,1-2H3,(H,25,28). The SMILES string of the molecule is CNC(=O)C1(C)C(c2ccc(Nc3cncc(C#N)c3C(F)F)cc2)C1(F)F. The van der Waals surface area contributed by atoms with Crippen LogP contribution >= 0.6 is 0 Å². The van der Waals surface area contributed by atoms with Crippen LogP contribution in [0, 0.1) is 16.7 Å². The summed E-state index contributed by atoms with van der Waals surface area (Å²) in [4.78, 5) is 15.6. The first kappa shape index (κ1) is 19.6. The predicted molar refractivity (Wildman–Crippen MR) is 93.5 cm³/mol. The smallest absolute Gasteiger partial charge is 0.270 e. The Kier molecular flexibility index (Phi) is 4.75. The number of aromatic nitrogens is 1. The third-order valence-electron chi connectivity index (χ3n) is 5.10. The lowest BCUT2D eigenvalue weighted by Gasteiger charge is -2.13. The topological polar surface area (TPSA) is 77.8 Å². The lowest BCUT2D eigenvalue weighted by Crippen LogP contribution is -2.31. The molecule has 2 aromatic rings. The summed E-state index contributed by atoms with van der Waals surface area (Å²) in [5.74, 6) is -5.20. The van der Waals surface area contributed by atoms with Gasteiger partial charge in [-0.25, -0.2) is 17.6 Å². The zero-order valence-corrected chi connectivity index (χ0v) is 14.9. The van der Waals surface area contributed by atoms with Crippen LogP contribution in [0.1, 0.15) is 36.0 Å². The van der Waals surface area contributed by atoms with E-state index >= 15 is 0 Å². The summed E-state index contributed by atoms with van der Waals surface area (Å²) >= 11 is 0. The third kappa shape index (κ3) is 2.85. The van der Waals surface area contributed by atoms with Crippen molar-refractivity contribution in [3.8, 4) is 6.07 Å². The van der Waals surface area contributed by atoms with Crippen LogP contribution in [0.5, 0.6) is 0 Å². The van der Waals surface area contributed by atoms with Gasteiger partial charge in [0.2, 0.25) is 5.91 Å². The normalized spacial score (nSPS) is 22.4. The van der Waals surface area contributed by atoms with Crippen molar-refractivity contribution in [3.63, 3.8) is 0 Å². The molecule has 0 bridgehead atoms.